The van der Waals surface area contributed by atoms with Crippen molar-refractivity contribution in [2.45, 2.75) is 17.5 Å². The van der Waals surface area contributed by atoms with E-state index in [0.717, 1.165) is 0 Å². The summed E-state index contributed by atoms with van der Waals surface area (Å²) in [6, 6.07) is 0. The molecule has 1 aromatic heterocycles. The van der Waals surface area contributed by atoms with Crippen LogP contribution in [0.2, 0.25) is 0 Å². The zero-order valence-electron chi connectivity index (χ0n) is 6.82. The number of aromatic amines is 1. The summed E-state index contributed by atoms with van der Waals surface area (Å²) in [6.07, 6.45) is 0. The lowest BCUT2D eigenvalue weighted by Gasteiger charge is -1.99. The molecule has 0 aliphatic heterocycles. The fraction of sp³-hybridized carbons (Fsp3) is 0.500. The molecule has 0 aliphatic rings. The van der Waals surface area contributed by atoms with Gasteiger partial charge in [-0.1, -0.05) is 11.8 Å². The number of nitrogens with one attached hydrogen (secondary N) is 1. The van der Waals surface area contributed by atoms with E-state index >= 15 is 0 Å². The summed E-state index contributed by atoms with van der Waals surface area (Å²) < 4.78 is 0. The molecule has 72 valence electrons. The molecule has 7 heteroatoms. The van der Waals surface area contributed by atoms with Crippen LogP contribution in [0.3, 0.4) is 0 Å². The molecule has 5 nitrogen and oxygen atoms in total. The molecule has 1 aromatic rings. The van der Waals surface area contributed by atoms with Crippen molar-refractivity contribution in [3.05, 3.63) is 5.82 Å². The van der Waals surface area contributed by atoms with Gasteiger partial charge in [-0.3, -0.25) is 9.89 Å². The van der Waals surface area contributed by atoms with Gasteiger partial charge in [0.25, 0.3) is 0 Å². The number of aryl methyl sites for hydroxylation is 1. The van der Waals surface area contributed by atoms with Crippen LogP contribution < -0.4 is 0 Å². The van der Waals surface area contributed by atoms with Crippen LogP contribution in [0.15, 0.2) is 5.16 Å². The Morgan fingerprint density at radius 3 is 3.00 bits per heavy atom. The maximum Gasteiger partial charge on any atom is 0.322 e. The summed E-state index contributed by atoms with van der Waals surface area (Å²) in [5.74, 6) is -0.0702. The minimum atomic E-state index is -1.03. The van der Waals surface area contributed by atoms with E-state index in [4.69, 9.17) is 16.7 Å². The summed E-state index contributed by atoms with van der Waals surface area (Å²) in [4.78, 5) is 14.3. The molecule has 0 aromatic carbocycles. The van der Waals surface area contributed by atoms with Gasteiger partial charge in [-0.25, -0.2) is 4.98 Å². The lowest BCUT2D eigenvalue weighted by Crippen LogP contribution is -2.15. The predicted molar refractivity (Wildman–Crippen MR) is 49.1 cm³/mol. The van der Waals surface area contributed by atoms with E-state index in [-0.39, 0.29) is 5.75 Å². The highest BCUT2D eigenvalue weighted by Crippen LogP contribution is 2.15. The zero-order chi connectivity index (χ0) is 9.84. The number of hydrogen-bond donors (Lipinski definition) is 2. The molecule has 1 atom stereocenters. The van der Waals surface area contributed by atoms with Crippen LogP contribution in [-0.2, 0) is 4.79 Å². The Bertz CT molecular complexity index is 304. The zero-order valence-corrected chi connectivity index (χ0v) is 8.39. The number of thioether (sulfide) groups is 1. The number of carbonyl (C=O) groups is 1. The SMILES string of the molecule is Cc1nc(SCC(Cl)C(=O)O)n[nH]1. The number of carboxylic acids is 1. The molecule has 0 fully saturated rings. The number of rotatable bonds is 4. The number of aromatic nitrogens is 3. The second-order valence-corrected chi connectivity index (χ2v) is 3.83. The Morgan fingerprint density at radius 2 is 2.54 bits per heavy atom. The molecule has 13 heavy (non-hydrogen) atoms. The molecule has 1 rings (SSSR count). The van der Waals surface area contributed by atoms with Crippen molar-refractivity contribution >= 4 is 29.3 Å². The van der Waals surface area contributed by atoms with Crippen molar-refractivity contribution in [3.63, 3.8) is 0 Å². The molecule has 0 spiro atoms. The minimum Gasteiger partial charge on any atom is -0.480 e. The highest BCUT2D eigenvalue weighted by atomic mass is 35.5. The minimum absolute atomic E-state index is 0.258. The summed E-state index contributed by atoms with van der Waals surface area (Å²) in [6.45, 7) is 1.77. The number of carboxylic acid groups (broad SMARTS) is 1. The number of aliphatic carboxylic acids is 1. The molecule has 0 amide bonds. The Kier molecular flexibility index (Phi) is 3.56. The van der Waals surface area contributed by atoms with Crippen molar-refractivity contribution in [3.8, 4) is 0 Å². The summed E-state index contributed by atoms with van der Waals surface area (Å²) in [7, 11) is 0. The third-order valence-corrected chi connectivity index (χ3v) is 2.67. The van der Waals surface area contributed by atoms with Crippen molar-refractivity contribution in [2.75, 3.05) is 5.75 Å². The summed E-state index contributed by atoms with van der Waals surface area (Å²) in [5.41, 5.74) is 0. The molecule has 0 saturated heterocycles. The largest absolute Gasteiger partial charge is 0.480 e. The standard InChI is InChI=1S/C6H8ClN3O2S/c1-3-8-6(10-9-3)13-2-4(7)5(11)12/h4H,2H2,1H3,(H,11,12)(H,8,9,10). The smallest absolute Gasteiger partial charge is 0.322 e. The van der Waals surface area contributed by atoms with Gasteiger partial charge in [0.15, 0.2) is 0 Å². The van der Waals surface area contributed by atoms with Crippen molar-refractivity contribution in [1.82, 2.24) is 15.2 Å². The van der Waals surface area contributed by atoms with Crippen LogP contribution in [-0.4, -0.2) is 37.4 Å². The number of H-pyrrole nitrogens is 1. The van der Waals surface area contributed by atoms with Crippen LogP contribution in [0.25, 0.3) is 0 Å². The fourth-order valence-electron chi connectivity index (χ4n) is 0.606. The third-order valence-electron chi connectivity index (χ3n) is 1.20. The first-order valence-corrected chi connectivity index (χ1v) is 4.90. The molecule has 0 aliphatic carbocycles. The highest BCUT2D eigenvalue weighted by molar-refractivity contribution is 7.99. The Labute approximate surface area is 83.9 Å². The molecule has 1 heterocycles. The van der Waals surface area contributed by atoms with E-state index in [1.807, 2.05) is 0 Å². The monoisotopic (exact) mass is 221 g/mol. The van der Waals surface area contributed by atoms with E-state index < -0.39 is 11.3 Å². The number of halogens is 1. The van der Waals surface area contributed by atoms with Crippen molar-refractivity contribution < 1.29 is 9.90 Å². The quantitative estimate of drug-likeness (QED) is 0.583. The van der Waals surface area contributed by atoms with Crippen molar-refractivity contribution in [1.29, 1.82) is 0 Å². The van der Waals surface area contributed by atoms with Gasteiger partial charge in [-0.15, -0.1) is 16.7 Å². The van der Waals surface area contributed by atoms with Gasteiger partial charge >= 0.3 is 5.97 Å². The molecular formula is C6H8ClN3O2S. The predicted octanol–water partition coefficient (Wildman–Crippen LogP) is 0.897. The van der Waals surface area contributed by atoms with Gasteiger partial charge in [0.1, 0.15) is 11.2 Å². The van der Waals surface area contributed by atoms with E-state index in [0.29, 0.717) is 11.0 Å². The first kappa shape index (κ1) is 10.3. The van der Waals surface area contributed by atoms with Gasteiger partial charge in [-0.05, 0) is 6.92 Å². The van der Waals surface area contributed by atoms with Crippen LogP contribution in [0.1, 0.15) is 5.82 Å². The Morgan fingerprint density at radius 1 is 1.85 bits per heavy atom. The lowest BCUT2D eigenvalue weighted by atomic mass is 10.5. The summed E-state index contributed by atoms with van der Waals surface area (Å²) in [5, 5.41) is 14.6. The Hall–Kier alpha value is -0.750. The van der Waals surface area contributed by atoms with Crippen LogP contribution in [0, 0.1) is 6.92 Å². The van der Waals surface area contributed by atoms with Crippen LogP contribution >= 0.6 is 23.4 Å². The number of alkyl halides is 1. The van der Waals surface area contributed by atoms with Crippen molar-refractivity contribution in [2.24, 2.45) is 0 Å². The fourth-order valence-corrected chi connectivity index (χ4v) is 1.54. The second-order valence-electron chi connectivity index (χ2n) is 2.32. The molecule has 0 bridgehead atoms. The molecular weight excluding hydrogens is 214 g/mol. The topological polar surface area (TPSA) is 78.9 Å². The van der Waals surface area contributed by atoms with Gasteiger partial charge < -0.3 is 5.11 Å². The third kappa shape index (κ3) is 3.23. The van der Waals surface area contributed by atoms with Gasteiger partial charge in [0, 0.05) is 5.75 Å². The van der Waals surface area contributed by atoms with Gasteiger partial charge in [0.05, 0.1) is 0 Å². The van der Waals surface area contributed by atoms with Gasteiger partial charge in [-0.2, -0.15) is 0 Å². The maximum absolute atomic E-state index is 10.3. The van der Waals surface area contributed by atoms with E-state index in [9.17, 15) is 4.79 Å². The summed E-state index contributed by atoms with van der Waals surface area (Å²) >= 11 is 6.70. The number of hydrogen-bond acceptors (Lipinski definition) is 4. The number of nitrogens with zero attached hydrogens (tertiary/aromatic N) is 2. The van der Waals surface area contributed by atoms with E-state index in [1.54, 1.807) is 6.92 Å². The first-order chi connectivity index (χ1) is 6.09. The van der Waals surface area contributed by atoms with Crippen LogP contribution in [0.5, 0.6) is 0 Å². The normalized spacial score (nSPS) is 12.8. The van der Waals surface area contributed by atoms with Gasteiger partial charge in [0.2, 0.25) is 5.16 Å². The molecule has 0 saturated carbocycles. The Balaban J connectivity index is 2.39. The highest BCUT2D eigenvalue weighted by Gasteiger charge is 2.14. The molecule has 0 radical (unpaired) electrons. The second kappa shape index (κ2) is 4.48. The molecule has 1 unspecified atom stereocenters. The first-order valence-electron chi connectivity index (χ1n) is 3.48. The van der Waals surface area contributed by atoms with E-state index in [1.165, 1.54) is 11.8 Å². The van der Waals surface area contributed by atoms with Crippen LogP contribution in [0.4, 0.5) is 0 Å². The average molecular weight is 222 g/mol. The maximum atomic E-state index is 10.3. The lowest BCUT2D eigenvalue weighted by molar-refractivity contribution is -0.136. The van der Waals surface area contributed by atoms with E-state index in [2.05, 4.69) is 15.2 Å². The molecule has 2 N–H and O–H groups in total. The average Bonchev–Trinajstić information content (AvgIpc) is 2.47.